The zero-order chi connectivity index (χ0) is 13.1. The molecule has 98 valence electrons. The predicted molar refractivity (Wildman–Crippen MR) is 70.7 cm³/mol. The highest BCUT2D eigenvalue weighted by Crippen LogP contribution is 2.29. The standard InChI is InChI=1S/C13H19N3O2/c1-9(11-5-3-4-6-11)14-13-8-7-12(16(17)18)10(2)15-13/h7-9,11H,3-6H2,1-2H3,(H,14,15). The van der Waals surface area contributed by atoms with Gasteiger partial charge in [-0.15, -0.1) is 0 Å². The van der Waals surface area contributed by atoms with E-state index in [4.69, 9.17) is 0 Å². The molecule has 1 aliphatic carbocycles. The minimum atomic E-state index is -0.396. The fraction of sp³-hybridized carbons (Fsp3) is 0.615. The summed E-state index contributed by atoms with van der Waals surface area (Å²) >= 11 is 0. The molecule has 0 bridgehead atoms. The second-order valence-electron chi connectivity index (χ2n) is 5.04. The van der Waals surface area contributed by atoms with Crippen LogP contribution in [0.3, 0.4) is 0 Å². The number of aromatic nitrogens is 1. The van der Waals surface area contributed by atoms with E-state index >= 15 is 0 Å². The van der Waals surface area contributed by atoms with Gasteiger partial charge in [-0.2, -0.15) is 0 Å². The molecule has 1 saturated carbocycles. The molecule has 0 aliphatic heterocycles. The van der Waals surface area contributed by atoms with E-state index in [1.54, 1.807) is 13.0 Å². The molecular formula is C13H19N3O2. The molecule has 0 saturated heterocycles. The number of nitro groups is 1. The average molecular weight is 249 g/mol. The number of nitrogens with one attached hydrogen (secondary N) is 1. The maximum atomic E-state index is 10.7. The van der Waals surface area contributed by atoms with E-state index in [2.05, 4.69) is 17.2 Å². The molecule has 1 heterocycles. The summed E-state index contributed by atoms with van der Waals surface area (Å²) in [5.74, 6) is 1.43. The highest BCUT2D eigenvalue weighted by atomic mass is 16.6. The molecule has 1 aromatic heterocycles. The Bertz CT molecular complexity index is 442. The lowest BCUT2D eigenvalue weighted by atomic mass is 10.00. The van der Waals surface area contributed by atoms with Crippen molar-refractivity contribution < 1.29 is 4.92 Å². The molecule has 2 rings (SSSR count). The molecule has 1 unspecified atom stereocenters. The first-order chi connectivity index (χ1) is 8.58. The lowest BCUT2D eigenvalue weighted by Gasteiger charge is -2.20. The van der Waals surface area contributed by atoms with E-state index in [9.17, 15) is 10.1 Å². The third-order valence-electron chi connectivity index (χ3n) is 3.74. The molecule has 1 atom stereocenters. The van der Waals surface area contributed by atoms with Gasteiger partial charge in [-0.1, -0.05) is 12.8 Å². The Balaban J connectivity index is 2.05. The van der Waals surface area contributed by atoms with Crippen molar-refractivity contribution in [3.8, 4) is 0 Å². The van der Waals surface area contributed by atoms with Crippen molar-refractivity contribution in [2.24, 2.45) is 5.92 Å². The van der Waals surface area contributed by atoms with Gasteiger partial charge in [0.2, 0.25) is 0 Å². The number of hydrogen-bond donors (Lipinski definition) is 1. The molecule has 1 aromatic rings. The topological polar surface area (TPSA) is 68.1 Å². The van der Waals surface area contributed by atoms with Gasteiger partial charge >= 0.3 is 0 Å². The third kappa shape index (κ3) is 2.78. The van der Waals surface area contributed by atoms with Gasteiger partial charge in [-0.3, -0.25) is 10.1 Å². The zero-order valence-corrected chi connectivity index (χ0v) is 10.8. The molecule has 0 radical (unpaired) electrons. The molecule has 5 heteroatoms. The van der Waals surface area contributed by atoms with Crippen LogP contribution in [0, 0.1) is 23.0 Å². The van der Waals surface area contributed by atoms with Gasteiger partial charge in [0.05, 0.1) is 4.92 Å². The average Bonchev–Trinajstić information content (AvgIpc) is 2.81. The number of anilines is 1. The summed E-state index contributed by atoms with van der Waals surface area (Å²) < 4.78 is 0. The van der Waals surface area contributed by atoms with Crippen LogP contribution in [0.15, 0.2) is 12.1 Å². The molecule has 18 heavy (non-hydrogen) atoms. The van der Waals surface area contributed by atoms with Crippen molar-refractivity contribution in [3.63, 3.8) is 0 Å². The lowest BCUT2D eigenvalue weighted by Crippen LogP contribution is -2.24. The minimum Gasteiger partial charge on any atom is -0.367 e. The Morgan fingerprint density at radius 3 is 2.67 bits per heavy atom. The van der Waals surface area contributed by atoms with Crippen LogP contribution in [-0.4, -0.2) is 15.9 Å². The second-order valence-corrected chi connectivity index (χ2v) is 5.04. The summed E-state index contributed by atoms with van der Waals surface area (Å²) in [5.41, 5.74) is 0.540. The van der Waals surface area contributed by atoms with Gasteiger partial charge in [0.25, 0.3) is 5.69 Å². The molecule has 0 amide bonds. The van der Waals surface area contributed by atoms with E-state index in [0.717, 1.165) is 5.82 Å². The first kappa shape index (κ1) is 12.8. The number of pyridine rings is 1. The van der Waals surface area contributed by atoms with E-state index in [1.807, 2.05) is 0 Å². The van der Waals surface area contributed by atoms with Crippen LogP contribution in [0.25, 0.3) is 0 Å². The summed E-state index contributed by atoms with van der Waals surface area (Å²) in [6.07, 6.45) is 5.15. The minimum absolute atomic E-state index is 0.0778. The normalized spacial score (nSPS) is 17.7. The summed E-state index contributed by atoms with van der Waals surface area (Å²) in [6, 6.07) is 3.59. The fourth-order valence-electron chi connectivity index (χ4n) is 2.64. The van der Waals surface area contributed by atoms with Gasteiger partial charge in [0.15, 0.2) is 0 Å². The molecular weight excluding hydrogens is 230 g/mol. The van der Waals surface area contributed by atoms with Crippen LogP contribution >= 0.6 is 0 Å². The summed E-state index contributed by atoms with van der Waals surface area (Å²) in [7, 11) is 0. The van der Waals surface area contributed by atoms with Crippen molar-refractivity contribution in [2.75, 3.05) is 5.32 Å². The highest BCUT2D eigenvalue weighted by molar-refractivity contribution is 5.45. The van der Waals surface area contributed by atoms with Crippen molar-refractivity contribution >= 4 is 11.5 Å². The summed E-state index contributed by atoms with van der Waals surface area (Å²) in [6.45, 7) is 3.83. The van der Waals surface area contributed by atoms with Gasteiger partial charge in [-0.25, -0.2) is 4.98 Å². The number of hydrogen-bond acceptors (Lipinski definition) is 4. The van der Waals surface area contributed by atoms with Gasteiger partial charge in [0, 0.05) is 12.1 Å². The van der Waals surface area contributed by atoms with Crippen LogP contribution in [0.4, 0.5) is 11.5 Å². The molecule has 1 fully saturated rings. The third-order valence-corrected chi connectivity index (χ3v) is 3.74. The molecule has 0 aromatic carbocycles. The van der Waals surface area contributed by atoms with Crippen molar-refractivity contribution in [3.05, 3.63) is 27.9 Å². The SMILES string of the molecule is Cc1nc(NC(C)C2CCCC2)ccc1[N+](=O)[O-]. The molecule has 1 N–H and O–H groups in total. The van der Waals surface area contributed by atoms with Crippen molar-refractivity contribution in [1.82, 2.24) is 4.98 Å². The molecule has 5 nitrogen and oxygen atoms in total. The molecule has 1 aliphatic rings. The van der Waals surface area contributed by atoms with E-state index in [0.29, 0.717) is 17.7 Å². The monoisotopic (exact) mass is 249 g/mol. The first-order valence-electron chi connectivity index (χ1n) is 6.46. The Morgan fingerprint density at radius 2 is 2.11 bits per heavy atom. The van der Waals surface area contributed by atoms with Crippen molar-refractivity contribution in [1.29, 1.82) is 0 Å². The second kappa shape index (κ2) is 5.33. The summed E-state index contributed by atoms with van der Waals surface area (Å²) in [5, 5.41) is 14.1. The Labute approximate surface area is 107 Å². The van der Waals surface area contributed by atoms with Crippen LogP contribution in [0.1, 0.15) is 38.3 Å². The van der Waals surface area contributed by atoms with E-state index in [1.165, 1.54) is 31.7 Å². The summed E-state index contributed by atoms with van der Waals surface area (Å²) in [4.78, 5) is 14.6. The van der Waals surface area contributed by atoms with Crippen LogP contribution in [0.5, 0.6) is 0 Å². The van der Waals surface area contributed by atoms with Crippen LogP contribution in [0.2, 0.25) is 0 Å². The largest absolute Gasteiger partial charge is 0.367 e. The maximum Gasteiger partial charge on any atom is 0.290 e. The highest BCUT2D eigenvalue weighted by Gasteiger charge is 2.22. The van der Waals surface area contributed by atoms with Crippen LogP contribution in [-0.2, 0) is 0 Å². The Morgan fingerprint density at radius 1 is 1.44 bits per heavy atom. The Kier molecular flexibility index (Phi) is 3.79. The number of rotatable bonds is 4. The quantitative estimate of drug-likeness (QED) is 0.656. The van der Waals surface area contributed by atoms with Gasteiger partial charge in [0.1, 0.15) is 11.5 Å². The fourth-order valence-corrected chi connectivity index (χ4v) is 2.64. The number of aryl methyl sites for hydroxylation is 1. The zero-order valence-electron chi connectivity index (χ0n) is 10.8. The molecule has 0 spiro atoms. The van der Waals surface area contributed by atoms with E-state index < -0.39 is 4.92 Å². The van der Waals surface area contributed by atoms with Gasteiger partial charge < -0.3 is 5.32 Å². The van der Waals surface area contributed by atoms with Crippen LogP contribution < -0.4 is 5.32 Å². The lowest BCUT2D eigenvalue weighted by molar-refractivity contribution is -0.385. The first-order valence-corrected chi connectivity index (χ1v) is 6.46. The predicted octanol–water partition coefficient (Wildman–Crippen LogP) is 3.29. The Hall–Kier alpha value is -1.65. The van der Waals surface area contributed by atoms with Gasteiger partial charge in [-0.05, 0) is 38.7 Å². The van der Waals surface area contributed by atoms with Crippen molar-refractivity contribution in [2.45, 2.75) is 45.6 Å². The smallest absolute Gasteiger partial charge is 0.290 e. The number of nitrogens with zero attached hydrogens (tertiary/aromatic N) is 2. The maximum absolute atomic E-state index is 10.7. The van der Waals surface area contributed by atoms with E-state index in [-0.39, 0.29) is 5.69 Å².